The van der Waals surface area contributed by atoms with Gasteiger partial charge in [-0.05, 0) is 31.0 Å². The number of benzene rings is 3. The molecule has 1 heterocycles. The first-order chi connectivity index (χ1) is 14.4. The zero-order valence-electron chi connectivity index (χ0n) is 16.6. The monoisotopic (exact) mass is 399 g/mol. The van der Waals surface area contributed by atoms with E-state index in [0.29, 0.717) is 22.0 Å². The van der Waals surface area contributed by atoms with Gasteiger partial charge >= 0.3 is 5.91 Å². The molecule has 0 saturated heterocycles. The molecule has 0 unspecified atom stereocenters. The maximum atomic E-state index is 13.2. The Morgan fingerprint density at radius 3 is 2.10 bits per heavy atom. The second kappa shape index (κ2) is 7.57. The highest BCUT2D eigenvalue weighted by Crippen LogP contribution is 2.37. The predicted molar refractivity (Wildman–Crippen MR) is 115 cm³/mol. The number of nitrogens with zero attached hydrogens (tertiary/aromatic N) is 2. The number of hydrogen-bond acceptors (Lipinski definition) is 4. The summed E-state index contributed by atoms with van der Waals surface area (Å²) in [6, 6.07) is 21.4. The van der Waals surface area contributed by atoms with Gasteiger partial charge in [-0.2, -0.15) is 0 Å². The number of azo groups is 1. The lowest BCUT2D eigenvalue weighted by Crippen LogP contribution is -2.36. The molecular weight excluding hydrogens is 378 g/mol. The van der Waals surface area contributed by atoms with E-state index in [1.807, 2.05) is 32.0 Å². The molecule has 3 aromatic carbocycles. The molecule has 6 heteroatoms. The number of aromatic amines is 1. The lowest BCUT2D eigenvalue weighted by atomic mass is 9.84. The third-order valence-corrected chi connectivity index (χ3v) is 5.08. The fraction of sp³-hybridized carbons (Fsp3) is 0.125. The topological polar surface area (TPSA) is 98.0 Å². The van der Waals surface area contributed by atoms with Crippen LogP contribution >= 0.6 is 0 Å². The van der Waals surface area contributed by atoms with Crippen molar-refractivity contribution in [1.29, 1.82) is 0 Å². The number of carbonyl (C=O) groups is 1. The van der Waals surface area contributed by atoms with Crippen molar-refractivity contribution in [2.75, 3.05) is 0 Å². The zero-order chi connectivity index (χ0) is 21.3. The predicted octanol–water partition coefficient (Wildman–Crippen LogP) is 5.04. The van der Waals surface area contributed by atoms with Crippen molar-refractivity contribution < 1.29 is 15.0 Å². The summed E-state index contributed by atoms with van der Waals surface area (Å²) in [5, 5.41) is 30.2. The molecule has 0 atom stereocenters. The van der Waals surface area contributed by atoms with Gasteiger partial charge in [0.05, 0.1) is 5.52 Å². The van der Waals surface area contributed by atoms with Crippen molar-refractivity contribution in [3.8, 4) is 5.88 Å². The average Bonchev–Trinajstić information content (AvgIpc) is 3.06. The molecule has 1 aromatic heterocycles. The summed E-state index contributed by atoms with van der Waals surface area (Å²) < 4.78 is 0. The number of hydrogen-bond donors (Lipinski definition) is 3. The smallest absolute Gasteiger partial charge is 0.305 e. The summed E-state index contributed by atoms with van der Waals surface area (Å²) in [5.74, 6) is -1.04. The Hall–Kier alpha value is -3.77. The van der Waals surface area contributed by atoms with Crippen molar-refractivity contribution in [2.45, 2.75) is 19.4 Å². The van der Waals surface area contributed by atoms with Crippen LogP contribution in [0.25, 0.3) is 10.9 Å². The lowest BCUT2D eigenvalue weighted by Gasteiger charge is -2.26. The molecule has 30 heavy (non-hydrogen) atoms. The quantitative estimate of drug-likeness (QED) is 0.419. The van der Waals surface area contributed by atoms with Crippen molar-refractivity contribution >= 4 is 22.5 Å². The van der Waals surface area contributed by atoms with E-state index >= 15 is 0 Å². The van der Waals surface area contributed by atoms with Gasteiger partial charge in [0.25, 0.3) is 0 Å². The van der Waals surface area contributed by atoms with Crippen LogP contribution in [0.1, 0.15) is 22.3 Å². The number of amides is 1. The van der Waals surface area contributed by atoms with Crippen LogP contribution in [0.2, 0.25) is 0 Å². The summed E-state index contributed by atoms with van der Waals surface area (Å²) in [5.41, 5.74) is 1.41. The summed E-state index contributed by atoms with van der Waals surface area (Å²) in [4.78, 5) is 16.0. The molecule has 0 bridgehead atoms. The average molecular weight is 399 g/mol. The Bertz CT molecular complexity index is 1230. The summed E-state index contributed by atoms with van der Waals surface area (Å²) in [6.45, 7) is 3.77. The van der Waals surface area contributed by atoms with E-state index in [9.17, 15) is 15.0 Å². The van der Waals surface area contributed by atoms with Gasteiger partial charge < -0.3 is 15.2 Å². The van der Waals surface area contributed by atoms with Crippen molar-refractivity contribution in [1.82, 2.24) is 4.98 Å². The maximum absolute atomic E-state index is 13.2. The van der Waals surface area contributed by atoms with Crippen LogP contribution in [0.4, 0.5) is 5.69 Å². The Balaban J connectivity index is 1.82. The normalized spacial score (nSPS) is 12.0. The van der Waals surface area contributed by atoms with Crippen LogP contribution in [0.5, 0.6) is 5.88 Å². The second-order valence-corrected chi connectivity index (χ2v) is 7.32. The van der Waals surface area contributed by atoms with Gasteiger partial charge in [-0.1, -0.05) is 77.9 Å². The van der Waals surface area contributed by atoms with E-state index < -0.39 is 11.5 Å². The first-order valence-corrected chi connectivity index (χ1v) is 9.52. The van der Waals surface area contributed by atoms with Gasteiger partial charge in [-0.25, -0.2) is 0 Å². The Kier molecular flexibility index (Phi) is 4.93. The number of para-hydroxylation sites is 1. The van der Waals surface area contributed by atoms with Crippen molar-refractivity contribution in [2.24, 2.45) is 10.2 Å². The van der Waals surface area contributed by atoms with E-state index in [1.54, 1.807) is 54.6 Å². The van der Waals surface area contributed by atoms with Crippen molar-refractivity contribution in [3.05, 3.63) is 95.1 Å². The fourth-order valence-corrected chi connectivity index (χ4v) is 3.54. The zero-order valence-corrected chi connectivity index (χ0v) is 16.6. The first-order valence-electron chi connectivity index (χ1n) is 9.52. The van der Waals surface area contributed by atoms with Gasteiger partial charge in [0, 0.05) is 5.39 Å². The van der Waals surface area contributed by atoms with Crippen LogP contribution in [0.15, 0.2) is 83.0 Å². The third-order valence-electron chi connectivity index (χ3n) is 5.08. The van der Waals surface area contributed by atoms with Gasteiger partial charge in [0.15, 0.2) is 11.3 Å². The van der Waals surface area contributed by atoms with E-state index in [-0.39, 0.29) is 11.6 Å². The molecule has 0 aliphatic heterocycles. The Morgan fingerprint density at radius 2 is 1.50 bits per heavy atom. The lowest BCUT2D eigenvalue weighted by molar-refractivity contribution is -0.133. The molecule has 0 radical (unpaired) electrons. The molecule has 6 nitrogen and oxygen atoms in total. The fourth-order valence-electron chi connectivity index (χ4n) is 3.54. The minimum Gasteiger partial charge on any atom is -0.493 e. The van der Waals surface area contributed by atoms with E-state index in [4.69, 9.17) is 0 Å². The summed E-state index contributed by atoms with van der Waals surface area (Å²) in [7, 11) is 0. The highest BCUT2D eigenvalue weighted by molar-refractivity contribution is 5.95. The minimum absolute atomic E-state index is 0.148. The molecule has 0 aliphatic rings. The van der Waals surface area contributed by atoms with Gasteiger partial charge in [0.1, 0.15) is 0 Å². The van der Waals surface area contributed by atoms with Gasteiger partial charge in [-0.3, -0.25) is 4.79 Å². The largest absolute Gasteiger partial charge is 0.493 e. The number of carbonyl (C=O) groups excluding carboxylic acids is 1. The molecule has 4 aromatic rings. The third kappa shape index (κ3) is 3.38. The van der Waals surface area contributed by atoms with Crippen molar-refractivity contribution in [3.63, 3.8) is 0 Å². The Morgan fingerprint density at radius 1 is 0.900 bits per heavy atom. The molecule has 3 N–H and O–H groups in total. The van der Waals surface area contributed by atoms with E-state index in [0.717, 1.165) is 11.1 Å². The summed E-state index contributed by atoms with van der Waals surface area (Å²) in [6.07, 6.45) is 0. The SMILES string of the molecule is Cc1cccc(C(O)(C(=O)N=Nc2c(O)[nH]c3ccccc23)c2cccc(C)c2)c1. The number of fused-ring (bicyclic) bond motifs is 1. The first kappa shape index (κ1) is 19.5. The molecule has 0 fully saturated rings. The molecule has 4 rings (SSSR count). The molecule has 1 amide bonds. The molecule has 0 spiro atoms. The number of aromatic hydroxyl groups is 1. The highest BCUT2D eigenvalue weighted by Gasteiger charge is 2.40. The number of aliphatic hydroxyl groups is 1. The number of aryl methyl sites for hydroxylation is 2. The van der Waals surface area contributed by atoms with Crippen LogP contribution in [0, 0.1) is 13.8 Å². The molecular formula is C24H21N3O3. The summed E-state index contributed by atoms with van der Waals surface area (Å²) >= 11 is 0. The number of aromatic nitrogens is 1. The standard InChI is InChI=1S/C24H21N3O3/c1-15-7-5-9-17(13-15)24(30,18-10-6-8-16(2)14-18)23(29)27-26-21-19-11-3-4-12-20(19)25-22(21)28/h3-14,25,28,30H,1-2H3. The second-order valence-electron chi connectivity index (χ2n) is 7.32. The molecule has 0 saturated carbocycles. The number of nitrogens with one attached hydrogen (secondary N) is 1. The highest BCUT2D eigenvalue weighted by atomic mass is 16.3. The minimum atomic E-state index is -2.01. The van der Waals surface area contributed by atoms with E-state index in [1.165, 1.54) is 0 Å². The van der Waals surface area contributed by atoms with Gasteiger partial charge in [-0.15, -0.1) is 10.2 Å². The Labute approximate surface area is 173 Å². The molecule has 150 valence electrons. The van der Waals surface area contributed by atoms with Gasteiger partial charge in [0.2, 0.25) is 5.88 Å². The molecule has 0 aliphatic carbocycles. The van der Waals surface area contributed by atoms with Crippen LogP contribution < -0.4 is 0 Å². The van der Waals surface area contributed by atoms with E-state index in [2.05, 4.69) is 15.2 Å². The van der Waals surface area contributed by atoms with Crippen LogP contribution in [0.3, 0.4) is 0 Å². The number of H-pyrrole nitrogens is 1. The van der Waals surface area contributed by atoms with Crippen LogP contribution in [-0.4, -0.2) is 21.1 Å². The van der Waals surface area contributed by atoms with Crippen LogP contribution in [-0.2, 0) is 10.4 Å². The maximum Gasteiger partial charge on any atom is 0.305 e. The number of rotatable bonds is 4.